The van der Waals surface area contributed by atoms with Crippen molar-refractivity contribution >= 4 is 34.7 Å². The molecule has 0 unspecified atom stereocenters. The minimum absolute atomic E-state index is 0.524. The van der Waals surface area contributed by atoms with Crippen LogP contribution in [0, 0.1) is 4.84 Å². The van der Waals surface area contributed by atoms with E-state index >= 15 is 0 Å². The van der Waals surface area contributed by atoms with Gasteiger partial charge in [-0.05, 0) is 35.8 Å². The predicted octanol–water partition coefficient (Wildman–Crippen LogP) is 3.85. The van der Waals surface area contributed by atoms with E-state index in [1.807, 2.05) is 41.1 Å². The van der Waals surface area contributed by atoms with Gasteiger partial charge in [0.1, 0.15) is 0 Å². The summed E-state index contributed by atoms with van der Waals surface area (Å²) >= 11 is 7.03. The fourth-order valence-corrected chi connectivity index (χ4v) is 4.34. The molecule has 0 amide bonds. The Morgan fingerprint density at radius 1 is 1.07 bits per heavy atom. The van der Waals surface area contributed by atoms with E-state index in [0.29, 0.717) is 23.1 Å². The summed E-state index contributed by atoms with van der Waals surface area (Å²) in [5.41, 5.74) is 2.89. The third-order valence-corrected chi connectivity index (χ3v) is 5.97. The molecule has 28 heavy (non-hydrogen) atoms. The average molecular weight is 414 g/mol. The molecule has 1 aliphatic heterocycles. The van der Waals surface area contributed by atoms with Crippen LogP contribution in [0.4, 0.5) is 0 Å². The quantitative estimate of drug-likeness (QED) is 0.461. The molecule has 5 rings (SSSR count). The normalized spacial score (nSPS) is 16.1. The predicted molar refractivity (Wildman–Crippen MR) is 109 cm³/mol. The van der Waals surface area contributed by atoms with Gasteiger partial charge in [-0.1, -0.05) is 17.3 Å². The Bertz CT molecular complexity index is 1120. The van der Waals surface area contributed by atoms with Gasteiger partial charge in [0.25, 0.3) is 4.84 Å². The smallest absolute Gasteiger partial charge is 0.270 e. The minimum atomic E-state index is 0.524. The lowest BCUT2D eigenvalue weighted by molar-refractivity contribution is 0.0949. The molecule has 1 aliphatic rings. The van der Waals surface area contributed by atoms with Gasteiger partial charge in [-0.25, -0.2) is 0 Å². The Balaban J connectivity index is 1.20. The standard InChI is InChI=1S/C19H19N5O2S2/c27-19-24(15-3-1-2-4-16(15)25-19)13-23-8-6-22(7-9-23)11-17-20-18(21-26-17)14-5-10-28-12-14/h1-5,10,12H,6-9,11,13H2. The van der Waals surface area contributed by atoms with Crippen LogP contribution in [0.15, 0.2) is 50.0 Å². The summed E-state index contributed by atoms with van der Waals surface area (Å²) in [5.74, 6) is 1.33. The first-order valence-electron chi connectivity index (χ1n) is 9.14. The van der Waals surface area contributed by atoms with Gasteiger partial charge in [0, 0.05) is 37.1 Å². The molecule has 1 saturated heterocycles. The Kier molecular flexibility index (Phi) is 4.81. The molecule has 4 heterocycles. The topological polar surface area (TPSA) is 63.5 Å². The SMILES string of the molecule is S=c1oc2ccccc2n1CN1CCN(Cc2nc(-c3ccsc3)no2)CC1. The van der Waals surface area contributed by atoms with Crippen LogP contribution in [0.1, 0.15) is 5.89 Å². The van der Waals surface area contributed by atoms with Crippen molar-refractivity contribution in [2.24, 2.45) is 0 Å². The number of para-hydroxylation sites is 2. The zero-order chi connectivity index (χ0) is 18.9. The van der Waals surface area contributed by atoms with E-state index < -0.39 is 0 Å². The molecule has 0 N–H and O–H groups in total. The van der Waals surface area contributed by atoms with Crippen LogP contribution in [0.25, 0.3) is 22.5 Å². The number of nitrogens with zero attached hydrogens (tertiary/aromatic N) is 5. The zero-order valence-electron chi connectivity index (χ0n) is 15.2. The van der Waals surface area contributed by atoms with Crippen molar-refractivity contribution in [2.45, 2.75) is 13.2 Å². The van der Waals surface area contributed by atoms with E-state index in [2.05, 4.69) is 24.5 Å². The number of hydrogen-bond donors (Lipinski definition) is 0. The average Bonchev–Trinajstić information content (AvgIpc) is 3.44. The Hall–Kier alpha value is -2.33. The zero-order valence-corrected chi connectivity index (χ0v) is 16.8. The van der Waals surface area contributed by atoms with Crippen LogP contribution in [-0.4, -0.2) is 50.7 Å². The highest BCUT2D eigenvalue weighted by atomic mass is 32.1. The number of hydrogen-bond acceptors (Lipinski definition) is 8. The summed E-state index contributed by atoms with van der Waals surface area (Å²) in [4.78, 5) is 9.77. The number of fused-ring (bicyclic) bond motifs is 1. The Labute approximate surface area is 170 Å². The van der Waals surface area contributed by atoms with Gasteiger partial charge >= 0.3 is 0 Å². The minimum Gasteiger partial charge on any atom is -0.429 e. The molecule has 144 valence electrons. The molecule has 0 spiro atoms. The number of oxazole rings is 1. The maximum atomic E-state index is 5.69. The maximum absolute atomic E-state index is 5.69. The first kappa shape index (κ1) is 17.7. The van der Waals surface area contributed by atoms with E-state index in [-0.39, 0.29) is 0 Å². The van der Waals surface area contributed by atoms with Crippen molar-refractivity contribution in [2.75, 3.05) is 26.2 Å². The van der Waals surface area contributed by atoms with E-state index in [1.54, 1.807) is 11.3 Å². The highest BCUT2D eigenvalue weighted by Gasteiger charge is 2.20. The van der Waals surface area contributed by atoms with Gasteiger partial charge < -0.3 is 8.94 Å². The Morgan fingerprint density at radius 3 is 2.71 bits per heavy atom. The second-order valence-electron chi connectivity index (χ2n) is 6.82. The lowest BCUT2D eigenvalue weighted by Gasteiger charge is -2.33. The summed E-state index contributed by atoms with van der Waals surface area (Å²) < 4.78 is 13.2. The van der Waals surface area contributed by atoms with Crippen LogP contribution >= 0.6 is 23.6 Å². The lowest BCUT2D eigenvalue weighted by atomic mass is 10.3. The summed E-state index contributed by atoms with van der Waals surface area (Å²) in [6.45, 7) is 5.21. The number of rotatable bonds is 5. The van der Waals surface area contributed by atoms with Crippen molar-refractivity contribution < 1.29 is 8.94 Å². The molecule has 1 fully saturated rings. The molecule has 0 atom stereocenters. The highest BCUT2D eigenvalue weighted by Crippen LogP contribution is 2.20. The van der Waals surface area contributed by atoms with Gasteiger partial charge in [0.2, 0.25) is 11.7 Å². The molecule has 7 nitrogen and oxygen atoms in total. The third-order valence-electron chi connectivity index (χ3n) is 4.99. The fourth-order valence-electron chi connectivity index (χ4n) is 3.46. The van der Waals surface area contributed by atoms with Gasteiger partial charge in [0.05, 0.1) is 18.7 Å². The van der Waals surface area contributed by atoms with E-state index in [1.165, 1.54) is 0 Å². The molecular formula is C19H19N5O2S2. The summed E-state index contributed by atoms with van der Waals surface area (Å²) in [5, 5.41) is 8.13. The molecule has 4 aromatic rings. The van der Waals surface area contributed by atoms with E-state index in [4.69, 9.17) is 21.2 Å². The molecule has 0 bridgehead atoms. The van der Waals surface area contributed by atoms with Gasteiger partial charge in [-0.3, -0.25) is 14.4 Å². The fraction of sp³-hybridized carbons (Fsp3) is 0.316. The lowest BCUT2D eigenvalue weighted by Crippen LogP contribution is -2.46. The molecule has 3 aromatic heterocycles. The number of piperazine rings is 1. The molecule has 1 aromatic carbocycles. The molecular weight excluding hydrogens is 394 g/mol. The van der Waals surface area contributed by atoms with Crippen LogP contribution in [0.5, 0.6) is 0 Å². The van der Waals surface area contributed by atoms with Crippen molar-refractivity contribution in [1.29, 1.82) is 0 Å². The first-order valence-corrected chi connectivity index (χ1v) is 10.5. The number of aromatic nitrogens is 3. The van der Waals surface area contributed by atoms with Gasteiger partial charge in [-0.15, -0.1) is 0 Å². The molecule has 0 radical (unpaired) electrons. The largest absolute Gasteiger partial charge is 0.429 e. The van der Waals surface area contributed by atoms with Gasteiger partial charge in [-0.2, -0.15) is 16.3 Å². The monoisotopic (exact) mass is 413 g/mol. The van der Waals surface area contributed by atoms with Crippen LogP contribution < -0.4 is 0 Å². The number of thiophene rings is 1. The van der Waals surface area contributed by atoms with Crippen molar-refractivity contribution in [3.63, 3.8) is 0 Å². The second kappa shape index (κ2) is 7.59. The third kappa shape index (κ3) is 3.53. The first-order chi connectivity index (χ1) is 13.8. The van der Waals surface area contributed by atoms with Crippen LogP contribution in [-0.2, 0) is 13.2 Å². The van der Waals surface area contributed by atoms with Crippen molar-refractivity contribution in [1.82, 2.24) is 24.5 Å². The Morgan fingerprint density at radius 2 is 1.89 bits per heavy atom. The second-order valence-corrected chi connectivity index (χ2v) is 7.95. The molecule has 9 heteroatoms. The molecule has 0 saturated carbocycles. The van der Waals surface area contributed by atoms with Crippen LogP contribution in [0.3, 0.4) is 0 Å². The highest BCUT2D eigenvalue weighted by molar-refractivity contribution is 7.71. The summed E-state index contributed by atoms with van der Waals surface area (Å²) in [7, 11) is 0. The van der Waals surface area contributed by atoms with Crippen molar-refractivity contribution in [3.8, 4) is 11.4 Å². The maximum Gasteiger partial charge on any atom is 0.270 e. The molecule has 0 aliphatic carbocycles. The van der Waals surface area contributed by atoms with E-state index in [9.17, 15) is 0 Å². The summed E-state index contributed by atoms with van der Waals surface area (Å²) in [6, 6.07) is 9.98. The van der Waals surface area contributed by atoms with E-state index in [0.717, 1.165) is 49.5 Å². The van der Waals surface area contributed by atoms with Crippen LogP contribution in [0.2, 0.25) is 0 Å². The number of benzene rings is 1. The summed E-state index contributed by atoms with van der Waals surface area (Å²) in [6.07, 6.45) is 0. The van der Waals surface area contributed by atoms with Crippen molar-refractivity contribution in [3.05, 3.63) is 51.8 Å². The van der Waals surface area contributed by atoms with Gasteiger partial charge in [0.15, 0.2) is 5.58 Å².